The molecule has 0 radical (unpaired) electrons. The van der Waals surface area contributed by atoms with Crippen LogP contribution in [0.15, 0.2) is 54.9 Å². The van der Waals surface area contributed by atoms with E-state index in [0.717, 1.165) is 43.0 Å². The summed E-state index contributed by atoms with van der Waals surface area (Å²) >= 11 is 0. The molecular formula is C24H30N6O4. The number of aromatic nitrogens is 2. The second-order valence-corrected chi connectivity index (χ2v) is 8.35. The van der Waals surface area contributed by atoms with Crippen molar-refractivity contribution in [2.75, 3.05) is 51.1 Å². The third-order valence-corrected chi connectivity index (χ3v) is 5.84. The van der Waals surface area contributed by atoms with Gasteiger partial charge in [-0.3, -0.25) is 14.8 Å². The molecule has 2 heterocycles. The number of methoxy groups -OCH3 is 1. The summed E-state index contributed by atoms with van der Waals surface area (Å²) in [5, 5.41) is 22.6. The number of piperidine rings is 1. The van der Waals surface area contributed by atoms with Gasteiger partial charge in [-0.1, -0.05) is 0 Å². The molecule has 3 aromatic rings. The van der Waals surface area contributed by atoms with Gasteiger partial charge in [0.2, 0.25) is 0 Å². The second-order valence-electron chi connectivity index (χ2n) is 8.35. The molecule has 0 amide bonds. The average molecular weight is 467 g/mol. The molecule has 10 heteroatoms. The molecule has 0 saturated carbocycles. The van der Waals surface area contributed by atoms with Crippen LogP contribution in [0.4, 0.5) is 28.4 Å². The molecule has 180 valence electrons. The Bertz CT molecular complexity index is 1090. The van der Waals surface area contributed by atoms with Crippen LogP contribution in [0.25, 0.3) is 0 Å². The van der Waals surface area contributed by atoms with Gasteiger partial charge in [0.1, 0.15) is 18.0 Å². The number of benzene rings is 2. The summed E-state index contributed by atoms with van der Waals surface area (Å²) in [5.74, 6) is 0.703. The fourth-order valence-electron chi connectivity index (χ4n) is 3.93. The van der Waals surface area contributed by atoms with E-state index in [1.807, 2.05) is 35.1 Å². The number of nitrogens with zero attached hydrogens (tertiary/aromatic N) is 4. The first kappa shape index (κ1) is 23.5. The van der Waals surface area contributed by atoms with Crippen molar-refractivity contribution in [1.29, 1.82) is 0 Å². The highest BCUT2D eigenvalue weighted by Crippen LogP contribution is 2.32. The predicted octanol–water partition coefficient (Wildman–Crippen LogP) is 4.57. The lowest BCUT2D eigenvalue weighted by Crippen LogP contribution is -2.31. The summed E-state index contributed by atoms with van der Waals surface area (Å²) in [4.78, 5) is 13.5. The molecule has 10 nitrogen and oxygen atoms in total. The molecule has 0 spiro atoms. The molecule has 0 unspecified atom stereocenters. The highest BCUT2D eigenvalue weighted by Gasteiger charge is 2.19. The molecule has 1 aromatic heterocycles. The monoisotopic (exact) mass is 466 g/mol. The second kappa shape index (κ2) is 11.0. The van der Waals surface area contributed by atoms with Crippen LogP contribution < -0.4 is 15.4 Å². The molecule has 0 aliphatic carbocycles. The van der Waals surface area contributed by atoms with Crippen LogP contribution in [-0.4, -0.2) is 60.1 Å². The predicted molar refractivity (Wildman–Crippen MR) is 131 cm³/mol. The van der Waals surface area contributed by atoms with E-state index in [2.05, 4.69) is 27.7 Å². The van der Waals surface area contributed by atoms with Crippen LogP contribution in [0, 0.1) is 10.1 Å². The number of likely N-dealkylation sites (tertiary alicyclic amines) is 1. The zero-order chi connectivity index (χ0) is 23.9. The van der Waals surface area contributed by atoms with Crippen molar-refractivity contribution in [3.05, 3.63) is 65.0 Å². The van der Waals surface area contributed by atoms with E-state index in [1.165, 1.54) is 6.07 Å². The zero-order valence-electron chi connectivity index (χ0n) is 19.4. The first-order valence-electron chi connectivity index (χ1n) is 11.3. The van der Waals surface area contributed by atoms with Gasteiger partial charge >= 0.3 is 0 Å². The van der Waals surface area contributed by atoms with Gasteiger partial charge in [-0.05, 0) is 69.4 Å². The van der Waals surface area contributed by atoms with Gasteiger partial charge in [-0.25, -0.2) is 0 Å². The van der Waals surface area contributed by atoms with Crippen LogP contribution in [0.3, 0.4) is 0 Å². The van der Waals surface area contributed by atoms with Gasteiger partial charge < -0.3 is 25.0 Å². The molecule has 34 heavy (non-hydrogen) atoms. The minimum atomic E-state index is -0.396. The van der Waals surface area contributed by atoms with Gasteiger partial charge in [0, 0.05) is 30.7 Å². The van der Waals surface area contributed by atoms with Crippen molar-refractivity contribution in [1.82, 2.24) is 14.7 Å². The van der Waals surface area contributed by atoms with E-state index >= 15 is 0 Å². The highest BCUT2D eigenvalue weighted by molar-refractivity contribution is 5.75. The highest BCUT2D eigenvalue weighted by atomic mass is 16.6. The summed E-state index contributed by atoms with van der Waals surface area (Å²) in [6.45, 7) is 3.08. The third kappa shape index (κ3) is 6.03. The standard InChI is InChI=1S/C24H30N6O4/c1-28-11-9-21(10-12-28)29-17-20(16-25-29)26-19-5-8-24(30(31)32)23(15-19)27-18-3-6-22(7-4-18)34-14-13-33-2/h3-8,15-17,21,26-27H,9-14H2,1-2H3. The van der Waals surface area contributed by atoms with E-state index in [1.54, 1.807) is 25.4 Å². The van der Waals surface area contributed by atoms with Gasteiger partial charge in [0.15, 0.2) is 0 Å². The van der Waals surface area contributed by atoms with Crippen molar-refractivity contribution in [2.45, 2.75) is 18.9 Å². The lowest BCUT2D eigenvalue weighted by Gasteiger charge is -2.28. The number of ether oxygens (including phenoxy) is 2. The Balaban J connectivity index is 1.45. The summed E-state index contributed by atoms with van der Waals surface area (Å²) in [5.41, 5.74) is 2.68. The van der Waals surface area contributed by atoms with Crippen molar-refractivity contribution in [3.8, 4) is 5.75 Å². The number of hydrogen-bond acceptors (Lipinski definition) is 8. The van der Waals surface area contributed by atoms with E-state index in [0.29, 0.717) is 30.7 Å². The molecule has 1 fully saturated rings. The summed E-state index contributed by atoms with van der Waals surface area (Å²) in [6.07, 6.45) is 5.92. The van der Waals surface area contributed by atoms with Crippen molar-refractivity contribution in [2.24, 2.45) is 0 Å². The maximum atomic E-state index is 11.6. The summed E-state index contributed by atoms with van der Waals surface area (Å²) in [7, 11) is 3.76. The molecular weight excluding hydrogens is 436 g/mol. The Kier molecular flexibility index (Phi) is 7.61. The van der Waals surface area contributed by atoms with E-state index in [-0.39, 0.29) is 5.69 Å². The first-order chi connectivity index (χ1) is 16.5. The van der Waals surface area contributed by atoms with Crippen LogP contribution in [0.1, 0.15) is 18.9 Å². The fraction of sp³-hybridized carbons (Fsp3) is 0.375. The number of hydrogen-bond donors (Lipinski definition) is 2. The maximum absolute atomic E-state index is 11.6. The minimum absolute atomic E-state index is 0.00649. The largest absolute Gasteiger partial charge is 0.491 e. The molecule has 4 rings (SSSR count). The number of anilines is 4. The SMILES string of the molecule is COCCOc1ccc(Nc2cc(Nc3cnn(C4CCN(C)CC4)c3)ccc2[N+](=O)[O-])cc1. The molecule has 0 bridgehead atoms. The Hall–Kier alpha value is -3.63. The number of nitrogens with one attached hydrogen (secondary N) is 2. The lowest BCUT2D eigenvalue weighted by molar-refractivity contribution is -0.383. The summed E-state index contributed by atoms with van der Waals surface area (Å²) in [6, 6.07) is 12.6. The average Bonchev–Trinajstić information content (AvgIpc) is 3.29. The van der Waals surface area contributed by atoms with Gasteiger partial charge in [-0.2, -0.15) is 5.10 Å². The van der Waals surface area contributed by atoms with Crippen LogP contribution in [-0.2, 0) is 4.74 Å². The van der Waals surface area contributed by atoms with Crippen molar-refractivity contribution >= 4 is 28.4 Å². The van der Waals surface area contributed by atoms with Crippen LogP contribution in [0.2, 0.25) is 0 Å². The van der Waals surface area contributed by atoms with Gasteiger partial charge in [0.25, 0.3) is 5.69 Å². The minimum Gasteiger partial charge on any atom is -0.491 e. The normalized spacial score (nSPS) is 14.6. The number of rotatable bonds is 10. The Morgan fingerprint density at radius 3 is 2.50 bits per heavy atom. The van der Waals surface area contributed by atoms with Crippen LogP contribution in [0.5, 0.6) is 5.75 Å². The molecule has 1 aliphatic rings. The van der Waals surface area contributed by atoms with Gasteiger partial charge in [0.05, 0.1) is 29.5 Å². The Morgan fingerprint density at radius 1 is 1.06 bits per heavy atom. The van der Waals surface area contributed by atoms with E-state index in [9.17, 15) is 10.1 Å². The maximum Gasteiger partial charge on any atom is 0.292 e. The molecule has 1 aliphatic heterocycles. The molecule has 2 N–H and O–H groups in total. The summed E-state index contributed by atoms with van der Waals surface area (Å²) < 4.78 is 12.6. The third-order valence-electron chi connectivity index (χ3n) is 5.84. The first-order valence-corrected chi connectivity index (χ1v) is 11.3. The molecule has 0 atom stereocenters. The lowest BCUT2D eigenvalue weighted by atomic mass is 10.1. The smallest absolute Gasteiger partial charge is 0.292 e. The molecule has 2 aromatic carbocycles. The number of nitro benzene ring substituents is 1. The quantitative estimate of drug-likeness (QED) is 0.254. The van der Waals surface area contributed by atoms with E-state index in [4.69, 9.17) is 9.47 Å². The Labute approximate surface area is 198 Å². The van der Waals surface area contributed by atoms with Gasteiger partial charge in [-0.15, -0.1) is 0 Å². The Morgan fingerprint density at radius 2 is 1.79 bits per heavy atom. The zero-order valence-corrected chi connectivity index (χ0v) is 19.4. The topological polar surface area (TPSA) is 107 Å². The molecule has 1 saturated heterocycles. The van der Waals surface area contributed by atoms with Crippen molar-refractivity contribution in [3.63, 3.8) is 0 Å². The van der Waals surface area contributed by atoms with Crippen molar-refractivity contribution < 1.29 is 14.4 Å². The van der Waals surface area contributed by atoms with E-state index < -0.39 is 4.92 Å². The van der Waals surface area contributed by atoms with Crippen LogP contribution >= 0.6 is 0 Å². The fourth-order valence-corrected chi connectivity index (χ4v) is 3.93. The number of nitro groups is 1.